The zero-order valence-corrected chi connectivity index (χ0v) is 10.7. The number of hydrogen-bond donors (Lipinski definition) is 1. The summed E-state index contributed by atoms with van der Waals surface area (Å²) >= 11 is 0. The molecule has 6 heteroatoms. The van der Waals surface area contributed by atoms with Crippen molar-refractivity contribution >= 4 is 11.7 Å². The van der Waals surface area contributed by atoms with Crippen molar-refractivity contribution < 1.29 is 4.79 Å². The average Bonchev–Trinajstić information content (AvgIpc) is 2.63. The molecule has 0 saturated carbocycles. The number of amides is 1. The molecule has 1 aliphatic rings. The maximum Gasteiger partial charge on any atom is 0.222 e. The molecule has 1 amide bonds. The molecule has 0 aliphatic carbocycles. The lowest BCUT2D eigenvalue weighted by molar-refractivity contribution is -0.122. The molecule has 2 heterocycles. The molecule has 96 valence electrons. The number of nitrogens with zero attached hydrogens (tertiary/aromatic N) is 4. The Morgan fingerprint density at radius 1 is 1.61 bits per heavy atom. The van der Waals surface area contributed by atoms with Crippen LogP contribution in [-0.4, -0.2) is 28.8 Å². The summed E-state index contributed by atoms with van der Waals surface area (Å²) in [6, 6.07) is 2.18. The number of nitrogens with two attached hydrogens (primary N) is 1. The zero-order valence-electron chi connectivity index (χ0n) is 10.7. The van der Waals surface area contributed by atoms with Crippen LogP contribution in [0, 0.1) is 24.2 Å². The van der Waals surface area contributed by atoms with Gasteiger partial charge in [-0.15, -0.1) is 0 Å². The van der Waals surface area contributed by atoms with Crippen LogP contribution < -0.4 is 10.6 Å². The Kier molecular flexibility index (Phi) is 3.24. The smallest absolute Gasteiger partial charge is 0.222 e. The molecule has 1 fully saturated rings. The molecular weight excluding hydrogens is 230 g/mol. The third-order valence-electron chi connectivity index (χ3n) is 3.43. The lowest BCUT2D eigenvalue weighted by Crippen LogP contribution is -2.42. The Morgan fingerprint density at radius 2 is 2.33 bits per heavy atom. The van der Waals surface area contributed by atoms with E-state index in [1.165, 1.54) is 0 Å². The van der Waals surface area contributed by atoms with Crippen molar-refractivity contribution in [2.24, 2.45) is 18.7 Å². The summed E-state index contributed by atoms with van der Waals surface area (Å²) in [7, 11) is 1.82. The van der Waals surface area contributed by atoms with E-state index in [4.69, 9.17) is 5.73 Å². The molecule has 1 unspecified atom stereocenters. The van der Waals surface area contributed by atoms with Gasteiger partial charge in [-0.2, -0.15) is 10.4 Å². The van der Waals surface area contributed by atoms with E-state index < -0.39 is 0 Å². The van der Waals surface area contributed by atoms with Gasteiger partial charge in [0.25, 0.3) is 0 Å². The monoisotopic (exact) mass is 247 g/mol. The van der Waals surface area contributed by atoms with Crippen LogP contribution in [0.2, 0.25) is 0 Å². The largest absolute Gasteiger partial charge is 0.369 e. The zero-order chi connectivity index (χ0) is 13.3. The van der Waals surface area contributed by atoms with Gasteiger partial charge in [-0.3, -0.25) is 9.48 Å². The molecule has 1 saturated heterocycles. The molecule has 18 heavy (non-hydrogen) atoms. The molecule has 0 bridgehead atoms. The van der Waals surface area contributed by atoms with E-state index in [9.17, 15) is 10.1 Å². The highest BCUT2D eigenvalue weighted by Crippen LogP contribution is 2.27. The Morgan fingerprint density at radius 3 is 2.94 bits per heavy atom. The first kappa shape index (κ1) is 12.4. The third-order valence-corrected chi connectivity index (χ3v) is 3.43. The Labute approximate surface area is 106 Å². The first-order valence-corrected chi connectivity index (χ1v) is 6.02. The van der Waals surface area contributed by atoms with Gasteiger partial charge in [-0.1, -0.05) is 0 Å². The lowest BCUT2D eigenvalue weighted by Gasteiger charge is -2.32. The van der Waals surface area contributed by atoms with Gasteiger partial charge in [0.05, 0.1) is 11.6 Å². The molecular formula is C12H17N5O. The van der Waals surface area contributed by atoms with Crippen molar-refractivity contribution in [2.75, 3.05) is 18.0 Å². The van der Waals surface area contributed by atoms with Gasteiger partial charge in [-0.25, -0.2) is 0 Å². The fraction of sp³-hybridized carbons (Fsp3) is 0.583. The quantitative estimate of drug-likeness (QED) is 0.814. The van der Waals surface area contributed by atoms with Gasteiger partial charge in [-0.05, 0) is 19.8 Å². The summed E-state index contributed by atoms with van der Waals surface area (Å²) in [6.45, 7) is 3.22. The number of piperidine rings is 1. The summed E-state index contributed by atoms with van der Waals surface area (Å²) in [4.78, 5) is 13.3. The Balaban J connectivity index is 2.32. The normalized spacial score (nSPS) is 19.6. The maximum atomic E-state index is 11.3. The summed E-state index contributed by atoms with van der Waals surface area (Å²) in [5, 5.41) is 13.5. The predicted octanol–water partition coefficient (Wildman–Crippen LogP) is 0.302. The molecule has 1 aromatic rings. The lowest BCUT2D eigenvalue weighted by atomic mass is 9.97. The minimum absolute atomic E-state index is 0.138. The van der Waals surface area contributed by atoms with E-state index in [0.29, 0.717) is 12.1 Å². The van der Waals surface area contributed by atoms with Crippen molar-refractivity contribution in [1.82, 2.24) is 9.78 Å². The SMILES string of the molecule is Cc1nn(C)c(N2CCCC(C(N)=O)C2)c1C#N. The molecule has 6 nitrogen and oxygen atoms in total. The number of aromatic nitrogens is 2. The number of nitriles is 1. The van der Waals surface area contributed by atoms with Crippen molar-refractivity contribution in [2.45, 2.75) is 19.8 Å². The van der Waals surface area contributed by atoms with Gasteiger partial charge in [0.2, 0.25) is 5.91 Å². The molecule has 0 radical (unpaired) electrons. The van der Waals surface area contributed by atoms with Crippen molar-refractivity contribution in [1.29, 1.82) is 5.26 Å². The van der Waals surface area contributed by atoms with E-state index in [-0.39, 0.29) is 11.8 Å². The van der Waals surface area contributed by atoms with Gasteiger partial charge in [0, 0.05) is 20.1 Å². The van der Waals surface area contributed by atoms with E-state index in [1.807, 2.05) is 18.9 Å². The van der Waals surface area contributed by atoms with E-state index in [0.717, 1.165) is 30.9 Å². The number of hydrogen-bond acceptors (Lipinski definition) is 4. The summed E-state index contributed by atoms with van der Waals surface area (Å²) in [6.07, 6.45) is 1.73. The van der Waals surface area contributed by atoms with Crippen LogP contribution in [-0.2, 0) is 11.8 Å². The average molecular weight is 247 g/mol. The van der Waals surface area contributed by atoms with Crippen LogP contribution in [0.25, 0.3) is 0 Å². The van der Waals surface area contributed by atoms with Gasteiger partial charge in [0.1, 0.15) is 17.5 Å². The maximum absolute atomic E-state index is 11.3. The second-order valence-electron chi connectivity index (χ2n) is 4.71. The molecule has 1 aliphatic heterocycles. The fourth-order valence-corrected chi connectivity index (χ4v) is 2.54. The molecule has 1 aromatic heterocycles. The second-order valence-corrected chi connectivity index (χ2v) is 4.71. The molecule has 0 spiro atoms. The summed E-state index contributed by atoms with van der Waals surface area (Å²) in [5.74, 6) is 0.388. The minimum atomic E-state index is -0.267. The fourth-order valence-electron chi connectivity index (χ4n) is 2.54. The van der Waals surface area contributed by atoms with Crippen LogP contribution in [0.5, 0.6) is 0 Å². The van der Waals surface area contributed by atoms with Crippen LogP contribution in [0.3, 0.4) is 0 Å². The van der Waals surface area contributed by atoms with Crippen molar-refractivity contribution in [3.05, 3.63) is 11.3 Å². The highest BCUT2D eigenvalue weighted by Gasteiger charge is 2.28. The van der Waals surface area contributed by atoms with E-state index in [2.05, 4.69) is 11.2 Å². The third kappa shape index (κ3) is 2.04. The molecule has 2 N–H and O–H groups in total. The van der Waals surface area contributed by atoms with Crippen LogP contribution >= 0.6 is 0 Å². The number of rotatable bonds is 2. The highest BCUT2D eigenvalue weighted by molar-refractivity contribution is 5.77. The van der Waals surface area contributed by atoms with Gasteiger partial charge in [0.15, 0.2) is 0 Å². The second kappa shape index (κ2) is 4.69. The highest BCUT2D eigenvalue weighted by atomic mass is 16.1. The van der Waals surface area contributed by atoms with Crippen LogP contribution in [0.4, 0.5) is 5.82 Å². The van der Waals surface area contributed by atoms with Crippen LogP contribution in [0.15, 0.2) is 0 Å². The first-order chi connectivity index (χ1) is 8.54. The van der Waals surface area contributed by atoms with Crippen molar-refractivity contribution in [3.63, 3.8) is 0 Å². The number of anilines is 1. The van der Waals surface area contributed by atoms with E-state index in [1.54, 1.807) is 4.68 Å². The van der Waals surface area contributed by atoms with Gasteiger partial charge >= 0.3 is 0 Å². The molecule has 0 aromatic carbocycles. The van der Waals surface area contributed by atoms with Gasteiger partial charge < -0.3 is 10.6 Å². The van der Waals surface area contributed by atoms with Crippen LogP contribution in [0.1, 0.15) is 24.1 Å². The number of carbonyl (C=O) groups is 1. The number of aryl methyl sites for hydroxylation is 2. The molecule has 1 atom stereocenters. The summed E-state index contributed by atoms with van der Waals surface area (Å²) in [5.41, 5.74) is 6.67. The van der Waals surface area contributed by atoms with Crippen molar-refractivity contribution in [3.8, 4) is 6.07 Å². The Bertz CT molecular complexity index is 513. The first-order valence-electron chi connectivity index (χ1n) is 6.02. The minimum Gasteiger partial charge on any atom is -0.369 e. The standard InChI is InChI=1S/C12H17N5O/c1-8-10(6-13)12(16(2)15-8)17-5-3-4-9(7-17)11(14)18/h9H,3-5,7H2,1-2H3,(H2,14,18). The summed E-state index contributed by atoms with van der Waals surface area (Å²) < 4.78 is 1.71. The Hall–Kier alpha value is -2.03. The topological polar surface area (TPSA) is 87.9 Å². The van der Waals surface area contributed by atoms with E-state index >= 15 is 0 Å². The number of primary amides is 1. The number of carbonyl (C=O) groups excluding carboxylic acids is 1. The molecule has 2 rings (SSSR count). The predicted molar refractivity (Wildman–Crippen MR) is 66.8 cm³/mol.